The molecule has 4 heteroatoms. The zero-order chi connectivity index (χ0) is 33.7. The number of hydrogen-bond donors (Lipinski definition) is 0. The van der Waals surface area contributed by atoms with Crippen LogP contribution >= 0.6 is 0 Å². The van der Waals surface area contributed by atoms with Crippen molar-refractivity contribution in [3.8, 4) is 22.5 Å². The average molecular weight is 651 g/mol. The second kappa shape index (κ2) is 11.9. The lowest BCUT2D eigenvalue weighted by Gasteiger charge is -2.26. The first kappa shape index (κ1) is 29.0. The predicted molar refractivity (Wildman–Crippen MR) is 213 cm³/mol. The number of pyridine rings is 3. The van der Waals surface area contributed by atoms with Gasteiger partial charge in [-0.1, -0.05) is 121 Å². The van der Waals surface area contributed by atoms with Crippen molar-refractivity contribution >= 4 is 71.3 Å². The van der Waals surface area contributed by atoms with Gasteiger partial charge in [-0.3, -0.25) is 4.98 Å². The van der Waals surface area contributed by atoms with Crippen molar-refractivity contribution in [1.29, 1.82) is 0 Å². The Labute approximate surface area is 294 Å². The lowest BCUT2D eigenvalue weighted by molar-refractivity contribution is 1.28. The molecule has 0 atom stereocenters. The molecular weight excluding hydrogens is 621 g/mol. The number of benzene rings is 7. The van der Waals surface area contributed by atoms with Crippen LogP contribution in [0.5, 0.6) is 0 Å². The molecule has 0 unspecified atom stereocenters. The Balaban J connectivity index is 1.23. The van der Waals surface area contributed by atoms with E-state index in [0.717, 1.165) is 77.7 Å². The first-order valence-corrected chi connectivity index (χ1v) is 17.2. The highest BCUT2D eigenvalue weighted by Crippen LogP contribution is 2.41. The summed E-state index contributed by atoms with van der Waals surface area (Å²) in [5, 5.41) is 7.92. The minimum Gasteiger partial charge on any atom is -0.310 e. The summed E-state index contributed by atoms with van der Waals surface area (Å²) in [6.07, 6.45) is 1.84. The topological polar surface area (TPSA) is 41.9 Å². The summed E-state index contributed by atoms with van der Waals surface area (Å²) < 4.78 is 0. The largest absolute Gasteiger partial charge is 0.310 e. The number of aromatic nitrogens is 3. The van der Waals surface area contributed by atoms with Gasteiger partial charge in [0.1, 0.15) is 0 Å². The maximum atomic E-state index is 5.41. The van der Waals surface area contributed by atoms with Crippen molar-refractivity contribution in [3.63, 3.8) is 0 Å². The van der Waals surface area contributed by atoms with Gasteiger partial charge < -0.3 is 4.90 Å². The standard InChI is InChI=1S/C47H30N4/c1-4-11-32(12-5-1)45-40-25-22-31-18-21-35(42-27-23-34-20-19-33-13-10-28-48-46(33)47(34)49-42)29-41(31)44(40)39-26-24-38(30-43(39)50-45)51(36-14-6-2-7-15-36)37-16-8-3-9-17-37/h1-30H. The summed E-state index contributed by atoms with van der Waals surface area (Å²) in [6, 6.07) is 61.9. The van der Waals surface area contributed by atoms with Gasteiger partial charge in [-0.25, -0.2) is 9.97 Å². The van der Waals surface area contributed by atoms with E-state index < -0.39 is 0 Å². The summed E-state index contributed by atoms with van der Waals surface area (Å²) in [4.78, 5) is 17.6. The Morgan fingerprint density at radius 3 is 1.80 bits per heavy atom. The predicted octanol–water partition coefficient (Wildman–Crippen LogP) is 12.4. The van der Waals surface area contributed by atoms with Crippen LogP contribution in [0.1, 0.15) is 0 Å². The Hall–Kier alpha value is -6.91. The highest BCUT2D eigenvalue weighted by atomic mass is 15.1. The normalized spacial score (nSPS) is 11.5. The summed E-state index contributed by atoms with van der Waals surface area (Å²) >= 11 is 0. The number of nitrogens with zero attached hydrogens (tertiary/aromatic N) is 4. The van der Waals surface area contributed by atoms with Crippen LogP contribution in [-0.2, 0) is 0 Å². The van der Waals surface area contributed by atoms with Gasteiger partial charge in [0.15, 0.2) is 0 Å². The van der Waals surface area contributed by atoms with Crippen LogP contribution in [0.4, 0.5) is 17.1 Å². The van der Waals surface area contributed by atoms with Gasteiger partial charge in [0.05, 0.1) is 27.9 Å². The number of para-hydroxylation sites is 2. The van der Waals surface area contributed by atoms with E-state index >= 15 is 0 Å². The molecule has 0 aliphatic rings. The highest BCUT2D eigenvalue weighted by Gasteiger charge is 2.18. The molecule has 3 heterocycles. The van der Waals surface area contributed by atoms with Crippen molar-refractivity contribution < 1.29 is 0 Å². The van der Waals surface area contributed by atoms with Gasteiger partial charge in [-0.05, 0) is 65.4 Å². The maximum absolute atomic E-state index is 5.41. The third kappa shape index (κ3) is 4.96. The van der Waals surface area contributed by atoms with Crippen molar-refractivity contribution in [3.05, 3.63) is 182 Å². The minimum atomic E-state index is 0.915. The van der Waals surface area contributed by atoms with Crippen LogP contribution in [0.25, 0.3) is 76.8 Å². The summed E-state index contributed by atoms with van der Waals surface area (Å²) in [7, 11) is 0. The number of anilines is 3. The van der Waals surface area contributed by atoms with Gasteiger partial charge >= 0.3 is 0 Å². The number of rotatable bonds is 5. The van der Waals surface area contributed by atoms with E-state index in [2.05, 4.69) is 175 Å². The van der Waals surface area contributed by atoms with Gasteiger partial charge in [0.2, 0.25) is 0 Å². The number of fused-ring (bicyclic) bond motifs is 8. The third-order valence-electron chi connectivity index (χ3n) is 9.82. The molecule has 0 spiro atoms. The molecule has 0 fully saturated rings. The second-order valence-electron chi connectivity index (χ2n) is 12.9. The van der Waals surface area contributed by atoms with Gasteiger partial charge in [-0.2, -0.15) is 0 Å². The zero-order valence-corrected chi connectivity index (χ0v) is 27.6. The van der Waals surface area contributed by atoms with E-state index in [0.29, 0.717) is 0 Å². The molecule has 10 aromatic rings. The monoisotopic (exact) mass is 650 g/mol. The molecule has 0 bridgehead atoms. The van der Waals surface area contributed by atoms with Crippen LogP contribution in [0.3, 0.4) is 0 Å². The van der Waals surface area contributed by atoms with Crippen molar-refractivity contribution in [2.45, 2.75) is 0 Å². The Morgan fingerprint density at radius 2 is 1.04 bits per heavy atom. The van der Waals surface area contributed by atoms with Crippen LogP contribution in [-0.4, -0.2) is 15.0 Å². The fourth-order valence-electron chi connectivity index (χ4n) is 7.41. The van der Waals surface area contributed by atoms with E-state index in [1.165, 1.54) is 16.2 Å². The first-order valence-electron chi connectivity index (χ1n) is 17.2. The maximum Gasteiger partial charge on any atom is 0.0972 e. The van der Waals surface area contributed by atoms with Crippen LogP contribution in [0.2, 0.25) is 0 Å². The van der Waals surface area contributed by atoms with E-state index in [1.807, 2.05) is 12.3 Å². The van der Waals surface area contributed by atoms with Crippen LogP contribution in [0, 0.1) is 0 Å². The molecule has 0 aliphatic carbocycles. The van der Waals surface area contributed by atoms with Crippen LogP contribution in [0.15, 0.2) is 182 Å². The summed E-state index contributed by atoms with van der Waals surface area (Å²) in [6.45, 7) is 0. The molecular formula is C47H30N4. The first-order chi connectivity index (χ1) is 25.3. The fraction of sp³-hybridized carbons (Fsp3) is 0. The molecule has 7 aromatic carbocycles. The zero-order valence-electron chi connectivity index (χ0n) is 27.6. The Morgan fingerprint density at radius 1 is 0.392 bits per heavy atom. The van der Waals surface area contributed by atoms with Gasteiger partial charge in [-0.15, -0.1) is 0 Å². The Kier molecular flexibility index (Phi) is 6.78. The van der Waals surface area contributed by atoms with E-state index in [9.17, 15) is 0 Å². The lowest BCUT2D eigenvalue weighted by atomic mass is 9.93. The van der Waals surface area contributed by atoms with E-state index in [4.69, 9.17) is 15.0 Å². The van der Waals surface area contributed by atoms with Gasteiger partial charge in [0.25, 0.3) is 0 Å². The molecule has 0 radical (unpaired) electrons. The van der Waals surface area contributed by atoms with Crippen molar-refractivity contribution in [2.75, 3.05) is 4.90 Å². The second-order valence-corrected chi connectivity index (χ2v) is 12.9. The summed E-state index contributed by atoms with van der Waals surface area (Å²) in [5.74, 6) is 0. The number of hydrogen-bond acceptors (Lipinski definition) is 4. The SMILES string of the molecule is c1ccc(-c2nc3cc(N(c4ccccc4)c4ccccc4)ccc3c3c2ccc2ccc(-c4ccc5ccc6cccnc6c5n4)cc23)cc1. The van der Waals surface area contributed by atoms with Gasteiger partial charge in [0, 0.05) is 61.3 Å². The Bertz CT molecular complexity index is 2870. The average Bonchev–Trinajstić information content (AvgIpc) is 3.21. The quantitative estimate of drug-likeness (QED) is 0.174. The third-order valence-corrected chi connectivity index (χ3v) is 9.82. The molecule has 0 saturated heterocycles. The molecule has 238 valence electrons. The van der Waals surface area contributed by atoms with Crippen molar-refractivity contribution in [1.82, 2.24) is 15.0 Å². The molecule has 10 rings (SSSR count). The van der Waals surface area contributed by atoms with E-state index in [1.54, 1.807) is 0 Å². The molecule has 3 aromatic heterocycles. The van der Waals surface area contributed by atoms with Crippen molar-refractivity contribution in [2.24, 2.45) is 0 Å². The minimum absolute atomic E-state index is 0.915. The summed E-state index contributed by atoms with van der Waals surface area (Å²) in [5.41, 5.74) is 10.0. The lowest BCUT2D eigenvalue weighted by Crippen LogP contribution is -2.09. The molecule has 0 N–H and O–H groups in total. The fourth-order valence-corrected chi connectivity index (χ4v) is 7.41. The molecule has 0 saturated carbocycles. The highest BCUT2D eigenvalue weighted by molar-refractivity contribution is 6.23. The smallest absolute Gasteiger partial charge is 0.0972 e. The molecule has 0 amide bonds. The molecule has 4 nitrogen and oxygen atoms in total. The molecule has 0 aliphatic heterocycles. The molecule has 51 heavy (non-hydrogen) atoms. The van der Waals surface area contributed by atoms with E-state index in [-0.39, 0.29) is 0 Å². The van der Waals surface area contributed by atoms with Crippen LogP contribution < -0.4 is 4.90 Å².